The van der Waals surface area contributed by atoms with Crippen LogP contribution in [0.1, 0.15) is 38.9 Å². The Kier molecular flexibility index (Phi) is 6.71. The number of nitrogens with zero attached hydrogens (tertiary/aromatic N) is 2. The highest BCUT2D eigenvalue weighted by Gasteiger charge is 2.18. The predicted molar refractivity (Wildman–Crippen MR) is 127 cm³/mol. The number of carbonyl (C=O) groups excluding carboxylic acids is 3. The average Bonchev–Trinajstić information content (AvgIpc) is 3.31. The summed E-state index contributed by atoms with van der Waals surface area (Å²) in [6.07, 6.45) is 0. The molecule has 0 spiro atoms. The Morgan fingerprint density at radius 2 is 1.39 bits per heavy atom. The number of benzene rings is 3. The average molecular weight is 457 g/mol. The molecular weight excluding hydrogens is 436 g/mol. The van der Waals surface area contributed by atoms with Gasteiger partial charge in [-0.2, -0.15) is 0 Å². The summed E-state index contributed by atoms with van der Waals surface area (Å²) < 4.78 is 5.38. The Morgan fingerprint density at radius 3 is 2.03 bits per heavy atom. The molecule has 1 heterocycles. The van der Waals surface area contributed by atoms with E-state index in [2.05, 4.69) is 4.98 Å². The second kappa shape index (κ2) is 10.0. The van der Waals surface area contributed by atoms with Crippen molar-refractivity contribution in [1.82, 2.24) is 4.98 Å². The molecule has 0 aliphatic rings. The van der Waals surface area contributed by atoms with Crippen molar-refractivity contribution in [2.45, 2.75) is 13.5 Å². The van der Waals surface area contributed by atoms with Crippen LogP contribution >= 0.6 is 11.3 Å². The lowest BCUT2D eigenvalue weighted by Crippen LogP contribution is -2.22. The minimum Gasteiger partial charge on any atom is -0.456 e. The summed E-state index contributed by atoms with van der Waals surface area (Å²) in [6, 6.07) is 24.5. The summed E-state index contributed by atoms with van der Waals surface area (Å²) in [4.78, 5) is 43.1. The smallest absolute Gasteiger partial charge is 0.338 e. The Morgan fingerprint density at radius 1 is 0.818 bits per heavy atom. The van der Waals surface area contributed by atoms with Gasteiger partial charge in [-0.15, -0.1) is 11.3 Å². The molecule has 164 valence electrons. The van der Waals surface area contributed by atoms with E-state index in [-0.39, 0.29) is 18.3 Å². The maximum atomic E-state index is 12.5. The van der Waals surface area contributed by atoms with E-state index in [0.717, 1.165) is 0 Å². The highest BCUT2D eigenvalue weighted by atomic mass is 32.1. The van der Waals surface area contributed by atoms with Crippen LogP contribution in [0.25, 0.3) is 0 Å². The number of hydrogen-bond donors (Lipinski definition) is 0. The molecule has 0 radical (unpaired) electrons. The molecule has 0 N–H and O–H groups in total. The summed E-state index contributed by atoms with van der Waals surface area (Å²) in [5, 5.41) is 2.26. The zero-order chi connectivity index (χ0) is 23.2. The van der Waals surface area contributed by atoms with Gasteiger partial charge in [0.2, 0.25) is 5.91 Å². The molecule has 3 aromatic carbocycles. The lowest BCUT2D eigenvalue weighted by Gasteiger charge is -2.17. The van der Waals surface area contributed by atoms with Crippen LogP contribution in [0.3, 0.4) is 0 Å². The first-order valence-corrected chi connectivity index (χ1v) is 11.1. The lowest BCUT2D eigenvalue weighted by molar-refractivity contribution is -0.115. The van der Waals surface area contributed by atoms with E-state index in [0.29, 0.717) is 33.2 Å². The number of anilines is 2. The van der Waals surface area contributed by atoms with E-state index >= 15 is 0 Å². The van der Waals surface area contributed by atoms with E-state index in [1.54, 1.807) is 53.9 Å². The van der Waals surface area contributed by atoms with E-state index in [9.17, 15) is 14.4 Å². The summed E-state index contributed by atoms with van der Waals surface area (Å²) in [6.45, 7) is 1.45. The van der Waals surface area contributed by atoms with Gasteiger partial charge < -0.3 is 4.74 Å². The molecule has 0 saturated carbocycles. The number of aromatic nitrogens is 1. The SMILES string of the molecule is CC(=O)N(c1ccccc1)c1nc(COC(=O)c2ccc(C(=O)c3ccccc3)cc2)cs1. The van der Waals surface area contributed by atoms with Gasteiger partial charge in [-0.1, -0.05) is 60.7 Å². The standard InChI is InChI=1S/C26H20N2O4S/c1-18(29)28(23-10-6-3-7-11-23)26-27-22(17-33-26)16-32-25(31)21-14-12-20(13-15-21)24(30)19-8-4-2-5-9-19/h2-15,17H,16H2,1H3. The molecular formula is C26H20N2O4S. The fraction of sp³-hybridized carbons (Fsp3) is 0.0769. The number of amides is 1. The minimum absolute atomic E-state index is 0.0272. The Labute approximate surface area is 195 Å². The number of esters is 1. The summed E-state index contributed by atoms with van der Waals surface area (Å²) in [5.74, 6) is -0.794. The molecule has 4 rings (SSSR count). The van der Waals surface area contributed by atoms with E-state index in [4.69, 9.17) is 4.74 Å². The molecule has 4 aromatic rings. The van der Waals surface area contributed by atoms with Gasteiger partial charge in [-0.3, -0.25) is 14.5 Å². The number of thiazole rings is 1. The van der Waals surface area contributed by atoms with Crippen molar-refractivity contribution in [2.24, 2.45) is 0 Å². The first kappa shape index (κ1) is 22.1. The third kappa shape index (κ3) is 5.22. The molecule has 33 heavy (non-hydrogen) atoms. The van der Waals surface area contributed by atoms with Gasteiger partial charge in [0.05, 0.1) is 16.9 Å². The molecule has 0 bridgehead atoms. The molecule has 0 unspecified atom stereocenters. The van der Waals surface area contributed by atoms with Crippen molar-refractivity contribution in [1.29, 1.82) is 0 Å². The molecule has 7 heteroatoms. The van der Waals surface area contributed by atoms with Crippen molar-refractivity contribution >= 4 is 39.8 Å². The normalized spacial score (nSPS) is 10.5. The number of rotatable bonds is 7. The second-order valence-electron chi connectivity index (χ2n) is 7.16. The van der Waals surface area contributed by atoms with E-state index in [1.165, 1.54) is 23.2 Å². The number of ether oxygens (including phenoxy) is 1. The fourth-order valence-corrected chi connectivity index (χ4v) is 4.08. The van der Waals surface area contributed by atoms with Crippen molar-refractivity contribution in [2.75, 3.05) is 4.90 Å². The molecule has 0 fully saturated rings. The minimum atomic E-state index is -0.519. The summed E-state index contributed by atoms with van der Waals surface area (Å²) in [7, 11) is 0. The van der Waals surface area contributed by atoms with Crippen LogP contribution in [0.15, 0.2) is 90.3 Å². The fourth-order valence-electron chi connectivity index (χ4n) is 3.21. The summed E-state index contributed by atoms with van der Waals surface area (Å²) in [5.41, 5.74) is 2.67. The number of para-hydroxylation sites is 1. The zero-order valence-electron chi connectivity index (χ0n) is 17.8. The van der Waals surface area contributed by atoms with Crippen molar-refractivity contribution in [3.05, 3.63) is 113 Å². The van der Waals surface area contributed by atoms with Crippen molar-refractivity contribution in [3.8, 4) is 0 Å². The van der Waals surface area contributed by atoms with Crippen LogP contribution in [0.2, 0.25) is 0 Å². The largest absolute Gasteiger partial charge is 0.456 e. The zero-order valence-corrected chi connectivity index (χ0v) is 18.6. The molecule has 0 aliphatic carbocycles. The van der Waals surface area contributed by atoms with Crippen LogP contribution in [-0.2, 0) is 16.1 Å². The first-order valence-electron chi connectivity index (χ1n) is 10.2. The van der Waals surface area contributed by atoms with Gasteiger partial charge >= 0.3 is 5.97 Å². The quantitative estimate of drug-likeness (QED) is 0.274. The van der Waals surface area contributed by atoms with E-state index < -0.39 is 5.97 Å². The highest BCUT2D eigenvalue weighted by Crippen LogP contribution is 2.29. The Bertz CT molecular complexity index is 1270. The first-order chi connectivity index (χ1) is 16.0. The van der Waals surface area contributed by atoms with Crippen molar-refractivity contribution < 1.29 is 19.1 Å². The van der Waals surface area contributed by atoms with E-state index in [1.807, 2.05) is 36.4 Å². The number of ketones is 1. The maximum absolute atomic E-state index is 12.5. The second-order valence-corrected chi connectivity index (χ2v) is 8.00. The van der Waals surface area contributed by atoms with Crippen molar-refractivity contribution in [3.63, 3.8) is 0 Å². The monoisotopic (exact) mass is 456 g/mol. The van der Waals surface area contributed by atoms with Gasteiger partial charge in [0.1, 0.15) is 6.61 Å². The Hall–Kier alpha value is -4.10. The van der Waals surface area contributed by atoms with Gasteiger partial charge in [-0.05, 0) is 24.3 Å². The third-order valence-corrected chi connectivity index (χ3v) is 5.70. The van der Waals surface area contributed by atoms with Gasteiger partial charge in [0.15, 0.2) is 10.9 Å². The highest BCUT2D eigenvalue weighted by molar-refractivity contribution is 7.14. The van der Waals surface area contributed by atoms with Gasteiger partial charge in [0.25, 0.3) is 0 Å². The van der Waals surface area contributed by atoms with Gasteiger partial charge in [0, 0.05) is 23.4 Å². The molecule has 1 amide bonds. The van der Waals surface area contributed by atoms with Crippen LogP contribution in [-0.4, -0.2) is 22.6 Å². The molecule has 0 atom stereocenters. The molecule has 0 aliphatic heterocycles. The van der Waals surface area contributed by atoms with Crippen LogP contribution < -0.4 is 4.90 Å². The number of hydrogen-bond acceptors (Lipinski definition) is 6. The topological polar surface area (TPSA) is 76.6 Å². The van der Waals surface area contributed by atoms with Crippen LogP contribution in [0.4, 0.5) is 10.8 Å². The molecule has 0 saturated heterocycles. The maximum Gasteiger partial charge on any atom is 0.338 e. The Balaban J connectivity index is 1.40. The van der Waals surface area contributed by atoms with Gasteiger partial charge in [-0.25, -0.2) is 9.78 Å². The number of carbonyl (C=O) groups is 3. The summed E-state index contributed by atoms with van der Waals surface area (Å²) >= 11 is 1.30. The van der Waals surface area contributed by atoms with Crippen LogP contribution in [0.5, 0.6) is 0 Å². The van der Waals surface area contributed by atoms with Crippen LogP contribution in [0, 0.1) is 0 Å². The third-order valence-electron chi connectivity index (χ3n) is 4.83. The molecule has 6 nitrogen and oxygen atoms in total. The molecule has 1 aromatic heterocycles. The lowest BCUT2D eigenvalue weighted by atomic mass is 10.0. The predicted octanol–water partition coefficient (Wildman–Crippen LogP) is 5.42.